The Morgan fingerprint density at radius 3 is 2.53 bits per heavy atom. The van der Waals surface area contributed by atoms with Gasteiger partial charge >= 0.3 is 0 Å². The van der Waals surface area contributed by atoms with Gasteiger partial charge in [0.25, 0.3) is 0 Å². The molecule has 1 aromatic carbocycles. The molecule has 1 unspecified atom stereocenters. The summed E-state index contributed by atoms with van der Waals surface area (Å²) in [6.45, 7) is 2.16. The third-order valence-corrected chi connectivity index (χ3v) is 3.65. The van der Waals surface area contributed by atoms with Crippen LogP contribution in [0.15, 0.2) is 48.8 Å². The summed E-state index contributed by atoms with van der Waals surface area (Å²) in [5.41, 5.74) is 3.23. The third kappa shape index (κ3) is 2.91. The summed E-state index contributed by atoms with van der Waals surface area (Å²) in [6.07, 6.45) is 4.19. The lowest BCUT2D eigenvalue weighted by Crippen LogP contribution is -3.00. The van der Waals surface area contributed by atoms with Gasteiger partial charge in [-0.05, 0) is 28.7 Å². The molecule has 0 radical (unpaired) electrons. The van der Waals surface area contributed by atoms with E-state index in [1.54, 1.807) is 0 Å². The van der Waals surface area contributed by atoms with E-state index in [9.17, 15) is 0 Å². The Morgan fingerprint density at radius 1 is 1.16 bits per heavy atom. The van der Waals surface area contributed by atoms with Crippen LogP contribution < -0.4 is 28.5 Å². The molecule has 3 rings (SSSR count). The molecule has 0 amide bonds. The van der Waals surface area contributed by atoms with Gasteiger partial charge in [0.1, 0.15) is 5.69 Å². The number of H-pyrrole nitrogens is 1. The molecule has 0 bridgehead atoms. The molecular formula is C14H13I2N3. The van der Waals surface area contributed by atoms with E-state index in [1.165, 1.54) is 0 Å². The largest absolute Gasteiger partial charge is 1.00 e. The molecule has 0 aliphatic heterocycles. The van der Waals surface area contributed by atoms with Gasteiger partial charge in [0.2, 0.25) is 4.05 Å². The number of hydrogen-bond donors (Lipinski definition) is 1. The molecule has 2 heterocycles. The van der Waals surface area contributed by atoms with Gasteiger partial charge in [-0.3, -0.25) is 5.10 Å². The third-order valence-electron chi connectivity index (χ3n) is 3.01. The first kappa shape index (κ1) is 14.7. The van der Waals surface area contributed by atoms with E-state index in [0.29, 0.717) is 4.05 Å². The van der Waals surface area contributed by atoms with Crippen molar-refractivity contribution < 1.29 is 28.5 Å². The number of rotatable bonds is 2. The molecule has 19 heavy (non-hydrogen) atoms. The Hall–Kier alpha value is -0.700. The molecule has 98 valence electrons. The maximum absolute atomic E-state index is 4.40. The maximum Gasteiger partial charge on any atom is 0.204 e. The summed E-state index contributed by atoms with van der Waals surface area (Å²) in [4.78, 5) is 0. The van der Waals surface area contributed by atoms with Gasteiger partial charge in [0, 0.05) is 30.0 Å². The van der Waals surface area contributed by atoms with E-state index >= 15 is 0 Å². The lowest BCUT2D eigenvalue weighted by atomic mass is 10.1. The lowest BCUT2D eigenvalue weighted by molar-refractivity contribution is -0.690. The smallest absolute Gasteiger partial charge is 0.204 e. The summed E-state index contributed by atoms with van der Waals surface area (Å²) in [7, 11) is 0. The number of aromatic nitrogens is 3. The van der Waals surface area contributed by atoms with Gasteiger partial charge < -0.3 is 24.0 Å². The average Bonchev–Trinajstić information content (AvgIpc) is 2.82. The van der Waals surface area contributed by atoms with Crippen molar-refractivity contribution in [3.8, 4) is 11.3 Å². The van der Waals surface area contributed by atoms with Crippen LogP contribution in [-0.2, 0) is 0 Å². The molecule has 0 aliphatic rings. The van der Waals surface area contributed by atoms with E-state index in [1.807, 2.05) is 18.2 Å². The highest BCUT2D eigenvalue weighted by Crippen LogP contribution is 2.25. The fourth-order valence-electron chi connectivity index (χ4n) is 2.02. The number of para-hydroxylation sites is 1. The first-order valence-electron chi connectivity index (χ1n) is 5.84. The first-order valence-corrected chi connectivity index (χ1v) is 7.08. The molecule has 1 atom stereocenters. The van der Waals surface area contributed by atoms with Gasteiger partial charge in [-0.15, -0.1) is 0 Å². The van der Waals surface area contributed by atoms with Crippen LogP contribution in [0.3, 0.4) is 0 Å². The van der Waals surface area contributed by atoms with Gasteiger partial charge in [-0.25, -0.2) is 0 Å². The molecule has 3 aromatic rings. The van der Waals surface area contributed by atoms with Crippen LogP contribution >= 0.6 is 22.6 Å². The van der Waals surface area contributed by atoms with Crippen LogP contribution in [0.4, 0.5) is 0 Å². The molecule has 2 aromatic heterocycles. The van der Waals surface area contributed by atoms with Crippen molar-refractivity contribution in [1.82, 2.24) is 10.2 Å². The number of hydrogen-bond acceptors (Lipinski definition) is 1. The lowest BCUT2D eigenvalue weighted by Gasteiger charge is -2.00. The van der Waals surface area contributed by atoms with E-state index in [2.05, 4.69) is 74.9 Å². The Morgan fingerprint density at radius 2 is 1.84 bits per heavy atom. The Balaban J connectivity index is 0.00000133. The average molecular weight is 477 g/mol. The molecule has 5 heteroatoms. The van der Waals surface area contributed by atoms with Crippen molar-refractivity contribution in [2.24, 2.45) is 0 Å². The monoisotopic (exact) mass is 477 g/mol. The maximum atomic E-state index is 4.40. The van der Waals surface area contributed by atoms with Crippen molar-refractivity contribution in [2.75, 3.05) is 0 Å². The van der Waals surface area contributed by atoms with Gasteiger partial charge in [-0.2, -0.15) is 9.67 Å². The predicted octanol–water partition coefficient (Wildman–Crippen LogP) is 0.475. The Kier molecular flexibility index (Phi) is 4.77. The summed E-state index contributed by atoms with van der Waals surface area (Å²) in [6, 6.07) is 12.4. The number of aromatic amines is 1. The summed E-state index contributed by atoms with van der Waals surface area (Å²) in [5, 5.41) is 8.63. The molecule has 1 N–H and O–H groups in total. The highest BCUT2D eigenvalue weighted by molar-refractivity contribution is 14.1. The highest BCUT2D eigenvalue weighted by Gasteiger charge is 2.11. The predicted molar refractivity (Wildman–Crippen MR) is 80.5 cm³/mol. The molecular weight excluding hydrogens is 464 g/mol. The zero-order chi connectivity index (χ0) is 12.5. The number of fused-ring (bicyclic) bond motifs is 1. The zero-order valence-electron chi connectivity index (χ0n) is 10.3. The fourth-order valence-corrected chi connectivity index (χ4v) is 2.39. The standard InChI is InChI=1S/C14H12IN3.HI/c1-10(15)18-8-6-11(7-9-18)14-12-4-2-3-5-13(12)16-17-14;/h2-10H,1H3;1H. The Bertz CT molecular complexity index is 674. The van der Waals surface area contributed by atoms with E-state index in [-0.39, 0.29) is 24.0 Å². The number of alkyl halides is 1. The van der Waals surface area contributed by atoms with Crippen molar-refractivity contribution in [1.29, 1.82) is 0 Å². The zero-order valence-corrected chi connectivity index (χ0v) is 14.7. The van der Waals surface area contributed by atoms with Gasteiger partial charge in [0.15, 0.2) is 12.4 Å². The molecule has 0 saturated carbocycles. The highest BCUT2D eigenvalue weighted by atomic mass is 127. The number of halogens is 2. The normalized spacial score (nSPS) is 12.1. The van der Waals surface area contributed by atoms with Crippen LogP contribution in [0.2, 0.25) is 0 Å². The quantitative estimate of drug-likeness (QED) is 0.325. The SMILES string of the molecule is CC(I)[n+]1ccc(-c2n[nH]c3ccccc23)cc1.[I-]. The van der Waals surface area contributed by atoms with Crippen molar-refractivity contribution >= 4 is 33.5 Å². The number of benzene rings is 1. The molecule has 3 nitrogen and oxygen atoms in total. The second-order valence-corrected chi connectivity index (χ2v) is 6.03. The van der Waals surface area contributed by atoms with E-state index in [0.717, 1.165) is 22.2 Å². The number of pyridine rings is 1. The minimum Gasteiger partial charge on any atom is -1.00 e. The first-order chi connectivity index (χ1) is 8.75. The summed E-state index contributed by atoms with van der Waals surface area (Å²) in [5.74, 6) is 0. The number of nitrogens with one attached hydrogen (secondary N) is 1. The molecule has 0 spiro atoms. The van der Waals surface area contributed by atoms with Crippen LogP contribution in [-0.4, -0.2) is 10.2 Å². The summed E-state index contributed by atoms with van der Waals surface area (Å²) < 4.78 is 2.62. The van der Waals surface area contributed by atoms with Crippen LogP contribution in [0, 0.1) is 0 Å². The molecule has 0 fully saturated rings. The second kappa shape index (κ2) is 6.17. The van der Waals surface area contributed by atoms with E-state index < -0.39 is 0 Å². The number of nitrogens with zero attached hydrogens (tertiary/aromatic N) is 2. The summed E-state index contributed by atoms with van der Waals surface area (Å²) >= 11 is 2.39. The van der Waals surface area contributed by atoms with Crippen molar-refractivity contribution in [2.45, 2.75) is 11.0 Å². The van der Waals surface area contributed by atoms with E-state index in [4.69, 9.17) is 0 Å². The van der Waals surface area contributed by atoms with Crippen LogP contribution in [0.1, 0.15) is 11.0 Å². The van der Waals surface area contributed by atoms with Gasteiger partial charge in [-0.1, -0.05) is 18.2 Å². The minimum atomic E-state index is 0. The topological polar surface area (TPSA) is 32.6 Å². The molecule has 0 saturated heterocycles. The second-order valence-electron chi connectivity index (χ2n) is 4.23. The van der Waals surface area contributed by atoms with Gasteiger partial charge in [0.05, 0.1) is 5.52 Å². The van der Waals surface area contributed by atoms with Crippen LogP contribution in [0.25, 0.3) is 22.2 Å². The minimum absolute atomic E-state index is 0. The van der Waals surface area contributed by atoms with Crippen LogP contribution in [0.5, 0.6) is 0 Å². The molecule has 0 aliphatic carbocycles. The fraction of sp³-hybridized carbons (Fsp3) is 0.143. The Labute approximate surface area is 142 Å². The van der Waals surface area contributed by atoms with Crippen molar-refractivity contribution in [3.63, 3.8) is 0 Å². The van der Waals surface area contributed by atoms with Crippen molar-refractivity contribution in [3.05, 3.63) is 48.8 Å².